The van der Waals surface area contributed by atoms with Crippen LogP contribution in [-0.4, -0.2) is 21.2 Å². The number of aromatic nitrogens is 1. The van der Waals surface area contributed by atoms with Crippen molar-refractivity contribution in [1.29, 1.82) is 5.26 Å². The average molecular weight is 240 g/mol. The largest absolute Gasteiger partial charge is 0.506 e. The highest BCUT2D eigenvalue weighted by atomic mass is 16.4. The first-order valence-electron chi connectivity index (χ1n) is 5.05. The van der Waals surface area contributed by atoms with E-state index in [-0.39, 0.29) is 11.3 Å². The van der Waals surface area contributed by atoms with Gasteiger partial charge in [-0.25, -0.2) is 4.79 Å². The van der Waals surface area contributed by atoms with E-state index >= 15 is 0 Å². The van der Waals surface area contributed by atoms with E-state index in [1.165, 1.54) is 6.20 Å². The molecule has 0 saturated carbocycles. The van der Waals surface area contributed by atoms with Gasteiger partial charge in [-0.05, 0) is 12.1 Å². The molecule has 1 aromatic heterocycles. The number of fused-ring (bicyclic) bond motifs is 1. The van der Waals surface area contributed by atoms with Gasteiger partial charge in [0.25, 0.3) is 0 Å². The van der Waals surface area contributed by atoms with E-state index in [1.807, 2.05) is 0 Å². The topological polar surface area (TPSA) is 94.2 Å². The zero-order valence-electron chi connectivity index (χ0n) is 9.16. The molecule has 2 N–H and O–H groups in total. The summed E-state index contributed by atoms with van der Waals surface area (Å²) in [5.74, 6) is -1.50. The molecule has 0 bridgehead atoms. The quantitative estimate of drug-likeness (QED) is 0.617. The minimum atomic E-state index is -1.34. The average Bonchev–Trinajstić information content (AvgIpc) is 2.37. The predicted molar refractivity (Wildman–Crippen MR) is 64.6 cm³/mol. The molecular formula is C13H8N2O3. The molecule has 0 amide bonds. The first-order valence-corrected chi connectivity index (χ1v) is 5.05. The first-order chi connectivity index (χ1) is 8.63. The number of hydrogen-bond donors (Lipinski definition) is 2. The zero-order chi connectivity index (χ0) is 13.1. The van der Waals surface area contributed by atoms with Crippen LogP contribution in [0.25, 0.3) is 17.0 Å². The lowest BCUT2D eigenvalue weighted by Crippen LogP contribution is -1.97. The Morgan fingerprint density at radius 2 is 2.11 bits per heavy atom. The lowest BCUT2D eigenvalue weighted by atomic mass is 10.1. The number of benzene rings is 1. The third-order valence-corrected chi connectivity index (χ3v) is 2.44. The van der Waals surface area contributed by atoms with Crippen molar-refractivity contribution in [1.82, 2.24) is 4.98 Å². The number of aromatic hydroxyl groups is 1. The Bertz CT molecular complexity index is 699. The van der Waals surface area contributed by atoms with E-state index in [0.717, 1.165) is 6.08 Å². The molecule has 18 heavy (non-hydrogen) atoms. The molecule has 0 aliphatic rings. The molecule has 0 radical (unpaired) electrons. The van der Waals surface area contributed by atoms with Crippen molar-refractivity contribution in [2.45, 2.75) is 0 Å². The van der Waals surface area contributed by atoms with Crippen molar-refractivity contribution in [3.05, 3.63) is 41.6 Å². The second-order valence-electron chi connectivity index (χ2n) is 3.55. The minimum absolute atomic E-state index is 0.164. The third kappa shape index (κ3) is 1.99. The molecule has 0 aliphatic carbocycles. The second kappa shape index (κ2) is 4.55. The monoisotopic (exact) mass is 240 g/mol. The third-order valence-electron chi connectivity index (χ3n) is 2.44. The summed E-state index contributed by atoms with van der Waals surface area (Å²) >= 11 is 0. The van der Waals surface area contributed by atoms with Crippen molar-refractivity contribution in [2.24, 2.45) is 0 Å². The number of rotatable bonds is 2. The SMILES string of the molecule is N#CC(=Cc1c(O)cnc2ccccc12)C(=O)O. The van der Waals surface area contributed by atoms with Crippen LogP contribution in [0.2, 0.25) is 0 Å². The van der Waals surface area contributed by atoms with Crippen molar-refractivity contribution in [3.8, 4) is 11.8 Å². The van der Waals surface area contributed by atoms with Crippen molar-refractivity contribution in [3.63, 3.8) is 0 Å². The normalized spacial score (nSPS) is 11.2. The number of carboxylic acid groups (broad SMARTS) is 1. The lowest BCUT2D eigenvalue weighted by molar-refractivity contribution is -0.132. The molecule has 0 aliphatic heterocycles. The zero-order valence-corrected chi connectivity index (χ0v) is 9.16. The van der Waals surface area contributed by atoms with Crippen LogP contribution in [0.3, 0.4) is 0 Å². The van der Waals surface area contributed by atoms with Gasteiger partial charge in [-0.15, -0.1) is 0 Å². The Labute approximate surface area is 102 Å². The number of carbonyl (C=O) groups is 1. The van der Waals surface area contributed by atoms with Gasteiger partial charge in [0.05, 0.1) is 11.7 Å². The second-order valence-corrected chi connectivity index (χ2v) is 3.55. The predicted octanol–water partition coefficient (Wildman–Crippen LogP) is 1.93. The molecule has 0 atom stereocenters. The summed E-state index contributed by atoms with van der Waals surface area (Å²) in [4.78, 5) is 14.8. The van der Waals surface area contributed by atoms with E-state index in [0.29, 0.717) is 10.9 Å². The summed E-state index contributed by atoms with van der Waals surface area (Å²) in [5.41, 5.74) is 0.449. The number of hydrogen-bond acceptors (Lipinski definition) is 4. The molecule has 0 spiro atoms. The molecule has 1 aromatic carbocycles. The van der Waals surface area contributed by atoms with Crippen LogP contribution >= 0.6 is 0 Å². The summed E-state index contributed by atoms with van der Waals surface area (Å²) in [6, 6.07) is 8.53. The lowest BCUT2D eigenvalue weighted by Gasteiger charge is -2.04. The van der Waals surface area contributed by atoms with Gasteiger partial charge in [-0.1, -0.05) is 18.2 Å². The van der Waals surface area contributed by atoms with Crippen LogP contribution < -0.4 is 0 Å². The van der Waals surface area contributed by atoms with Crippen LogP contribution in [0, 0.1) is 11.3 Å². The van der Waals surface area contributed by atoms with E-state index < -0.39 is 11.5 Å². The fourth-order valence-corrected chi connectivity index (χ4v) is 1.59. The molecule has 5 nitrogen and oxygen atoms in total. The molecule has 0 unspecified atom stereocenters. The van der Waals surface area contributed by atoms with Crippen molar-refractivity contribution < 1.29 is 15.0 Å². The molecule has 2 aromatic rings. The summed E-state index contributed by atoms with van der Waals surface area (Å²) in [7, 11) is 0. The van der Waals surface area contributed by atoms with Gasteiger partial charge in [0.2, 0.25) is 0 Å². The van der Waals surface area contributed by atoms with Crippen LogP contribution in [0.5, 0.6) is 5.75 Å². The summed E-state index contributed by atoms with van der Waals surface area (Å²) in [6.45, 7) is 0. The van der Waals surface area contributed by atoms with Gasteiger partial charge in [-0.2, -0.15) is 5.26 Å². The number of aliphatic carboxylic acids is 1. The highest BCUT2D eigenvalue weighted by Gasteiger charge is 2.11. The fraction of sp³-hybridized carbons (Fsp3) is 0. The molecule has 1 heterocycles. The maximum Gasteiger partial charge on any atom is 0.346 e. The van der Waals surface area contributed by atoms with Gasteiger partial charge < -0.3 is 10.2 Å². The van der Waals surface area contributed by atoms with Gasteiger partial charge in [-0.3, -0.25) is 4.98 Å². The Kier molecular flexibility index (Phi) is 2.94. The van der Waals surface area contributed by atoms with Crippen LogP contribution in [0.4, 0.5) is 0 Å². The number of carboxylic acids is 1. The maximum atomic E-state index is 10.8. The van der Waals surface area contributed by atoms with Gasteiger partial charge in [0.15, 0.2) is 0 Å². The summed E-state index contributed by atoms with van der Waals surface area (Å²) < 4.78 is 0. The Hall–Kier alpha value is -2.87. The summed E-state index contributed by atoms with van der Waals surface area (Å²) in [6.07, 6.45) is 2.37. The van der Waals surface area contributed by atoms with E-state index in [1.54, 1.807) is 30.3 Å². The molecular weight excluding hydrogens is 232 g/mol. The van der Waals surface area contributed by atoms with E-state index in [4.69, 9.17) is 10.4 Å². The van der Waals surface area contributed by atoms with Gasteiger partial charge >= 0.3 is 5.97 Å². The summed E-state index contributed by atoms with van der Waals surface area (Å²) in [5, 5.41) is 27.8. The highest BCUT2D eigenvalue weighted by molar-refractivity contribution is 6.00. The first kappa shape index (κ1) is 11.6. The smallest absolute Gasteiger partial charge is 0.346 e. The molecule has 0 saturated heterocycles. The molecule has 88 valence electrons. The van der Waals surface area contributed by atoms with Crippen LogP contribution in [-0.2, 0) is 4.79 Å². The standard InChI is InChI=1S/C13H8N2O3/c14-6-8(13(17)18)5-10-9-3-1-2-4-11(9)15-7-12(10)16/h1-5,7,16H,(H,17,18). The number of nitriles is 1. The molecule has 2 rings (SSSR count). The van der Waals surface area contributed by atoms with Gasteiger partial charge in [0, 0.05) is 10.9 Å². The van der Waals surface area contributed by atoms with Gasteiger partial charge in [0.1, 0.15) is 17.4 Å². The Balaban J connectivity index is 2.75. The number of pyridine rings is 1. The minimum Gasteiger partial charge on any atom is -0.506 e. The van der Waals surface area contributed by atoms with Crippen molar-refractivity contribution >= 4 is 22.9 Å². The van der Waals surface area contributed by atoms with Crippen LogP contribution in [0.15, 0.2) is 36.0 Å². The highest BCUT2D eigenvalue weighted by Crippen LogP contribution is 2.27. The number of nitrogens with zero attached hydrogens (tertiary/aromatic N) is 2. The van der Waals surface area contributed by atoms with Crippen LogP contribution in [0.1, 0.15) is 5.56 Å². The molecule has 5 heteroatoms. The Morgan fingerprint density at radius 3 is 2.78 bits per heavy atom. The molecule has 0 fully saturated rings. The number of para-hydroxylation sites is 1. The maximum absolute atomic E-state index is 10.8. The fourth-order valence-electron chi connectivity index (χ4n) is 1.59. The van der Waals surface area contributed by atoms with Crippen molar-refractivity contribution in [2.75, 3.05) is 0 Å². The Morgan fingerprint density at radius 1 is 1.39 bits per heavy atom. The van der Waals surface area contributed by atoms with E-state index in [9.17, 15) is 9.90 Å². The van der Waals surface area contributed by atoms with E-state index in [2.05, 4.69) is 4.98 Å².